The molecule has 0 fully saturated rings. The highest BCUT2D eigenvalue weighted by molar-refractivity contribution is 5.95. The van der Waals surface area contributed by atoms with Gasteiger partial charge in [0.15, 0.2) is 11.9 Å². The quantitative estimate of drug-likeness (QED) is 0.603. The summed E-state index contributed by atoms with van der Waals surface area (Å²) in [6.45, 7) is 4.51. The van der Waals surface area contributed by atoms with Crippen LogP contribution < -0.4 is 5.32 Å². The molecule has 138 valence electrons. The monoisotopic (exact) mass is 361 g/mol. The molecule has 0 saturated heterocycles. The van der Waals surface area contributed by atoms with E-state index in [1.807, 2.05) is 0 Å². The Morgan fingerprint density at radius 2 is 1.96 bits per heavy atom. The second kappa shape index (κ2) is 8.42. The Kier molecular flexibility index (Phi) is 6.27. The zero-order valence-corrected chi connectivity index (χ0v) is 14.8. The van der Waals surface area contributed by atoms with Crippen LogP contribution in [0, 0.1) is 12.7 Å². The molecule has 2 aromatic rings. The maximum absolute atomic E-state index is 13.5. The van der Waals surface area contributed by atoms with Crippen molar-refractivity contribution < 1.29 is 27.9 Å². The lowest BCUT2D eigenvalue weighted by atomic mass is 10.1. The molecule has 0 spiro atoms. The van der Waals surface area contributed by atoms with E-state index in [0.29, 0.717) is 17.1 Å². The molecule has 6 nitrogen and oxygen atoms in total. The van der Waals surface area contributed by atoms with Crippen LogP contribution in [0.4, 0.5) is 10.1 Å². The van der Waals surface area contributed by atoms with Gasteiger partial charge in [0.1, 0.15) is 17.3 Å². The number of furan rings is 1. The minimum absolute atomic E-state index is 0.0123. The number of amides is 1. The highest BCUT2D eigenvalue weighted by Crippen LogP contribution is 2.17. The fraction of sp³-hybridized carbons (Fsp3) is 0.316. The molecule has 26 heavy (non-hydrogen) atoms. The van der Waals surface area contributed by atoms with E-state index in [9.17, 15) is 18.8 Å². The Hall–Kier alpha value is -2.96. The molecule has 1 atom stereocenters. The second-order valence-corrected chi connectivity index (χ2v) is 5.84. The molecular formula is C19H20FNO5. The minimum atomic E-state index is -1.08. The minimum Gasteiger partial charge on any atom is -0.466 e. The fourth-order valence-electron chi connectivity index (χ4n) is 2.35. The van der Waals surface area contributed by atoms with Crippen molar-refractivity contribution in [2.45, 2.75) is 39.7 Å². The molecule has 1 aromatic carbocycles. The van der Waals surface area contributed by atoms with Crippen molar-refractivity contribution in [3.8, 4) is 0 Å². The van der Waals surface area contributed by atoms with Crippen LogP contribution in [0.1, 0.15) is 42.1 Å². The summed E-state index contributed by atoms with van der Waals surface area (Å²) in [7, 11) is 0. The number of Topliss-reactive ketones (excluding diaryl/α,β-unsaturated/α-hetero) is 1. The van der Waals surface area contributed by atoms with Crippen molar-refractivity contribution in [1.29, 1.82) is 0 Å². The number of esters is 1. The molecule has 0 aliphatic heterocycles. The second-order valence-electron chi connectivity index (χ2n) is 5.84. The number of para-hydroxylation sites is 1. The summed E-state index contributed by atoms with van der Waals surface area (Å²) in [5.74, 6) is -0.922. The molecule has 1 N–H and O–H groups in total. The Bertz CT molecular complexity index is 827. The Balaban J connectivity index is 1.85. The van der Waals surface area contributed by atoms with Gasteiger partial charge in [0, 0.05) is 6.42 Å². The lowest BCUT2D eigenvalue weighted by Gasteiger charge is -2.13. The number of hydrogen-bond acceptors (Lipinski definition) is 5. The van der Waals surface area contributed by atoms with E-state index in [1.54, 1.807) is 19.1 Å². The van der Waals surface area contributed by atoms with E-state index >= 15 is 0 Å². The van der Waals surface area contributed by atoms with Crippen LogP contribution in [0.3, 0.4) is 0 Å². The summed E-state index contributed by atoms with van der Waals surface area (Å²) in [6.07, 6.45) is -0.843. The Labute approximate surface area is 150 Å². The topological polar surface area (TPSA) is 85.6 Å². The zero-order chi connectivity index (χ0) is 19.3. The number of anilines is 1. The number of carbonyl (C=O) groups excluding carboxylic acids is 3. The van der Waals surface area contributed by atoms with Gasteiger partial charge in [0.25, 0.3) is 5.91 Å². The van der Waals surface area contributed by atoms with Crippen LogP contribution in [0.25, 0.3) is 0 Å². The first kappa shape index (κ1) is 19.4. The molecule has 0 aliphatic rings. The first-order valence-electron chi connectivity index (χ1n) is 8.13. The number of hydrogen-bond donors (Lipinski definition) is 1. The molecule has 0 aliphatic carbocycles. The molecular weight excluding hydrogens is 341 g/mol. The first-order valence-corrected chi connectivity index (χ1v) is 8.13. The number of rotatable bonds is 7. The summed E-state index contributed by atoms with van der Waals surface area (Å²) >= 11 is 0. The summed E-state index contributed by atoms with van der Waals surface area (Å²) in [6, 6.07) is 7.30. The predicted molar refractivity (Wildman–Crippen MR) is 92.4 cm³/mol. The van der Waals surface area contributed by atoms with E-state index in [4.69, 9.17) is 9.15 Å². The smallest absolute Gasteiger partial charge is 0.307 e. The fourth-order valence-corrected chi connectivity index (χ4v) is 2.35. The van der Waals surface area contributed by atoms with Gasteiger partial charge in [-0.2, -0.15) is 0 Å². The Morgan fingerprint density at radius 1 is 1.27 bits per heavy atom. The molecule has 0 unspecified atom stereocenters. The van der Waals surface area contributed by atoms with E-state index in [0.717, 1.165) is 0 Å². The molecule has 0 saturated carbocycles. The number of ketones is 1. The van der Waals surface area contributed by atoms with Gasteiger partial charge in [-0.15, -0.1) is 0 Å². The van der Waals surface area contributed by atoms with Gasteiger partial charge in [0.05, 0.1) is 17.7 Å². The van der Waals surface area contributed by atoms with E-state index in [2.05, 4.69) is 5.32 Å². The van der Waals surface area contributed by atoms with Crippen LogP contribution >= 0.6 is 0 Å². The van der Waals surface area contributed by atoms with Crippen LogP contribution in [0.15, 0.2) is 34.7 Å². The first-order chi connectivity index (χ1) is 12.3. The highest BCUT2D eigenvalue weighted by Gasteiger charge is 2.19. The number of benzene rings is 1. The van der Waals surface area contributed by atoms with Crippen LogP contribution in [-0.2, 0) is 20.7 Å². The molecule has 2 rings (SSSR count). The van der Waals surface area contributed by atoms with Gasteiger partial charge in [-0.25, -0.2) is 4.39 Å². The van der Waals surface area contributed by atoms with Crippen molar-refractivity contribution >= 4 is 23.3 Å². The van der Waals surface area contributed by atoms with E-state index in [1.165, 1.54) is 32.0 Å². The van der Waals surface area contributed by atoms with Crippen LogP contribution in [0.2, 0.25) is 0 Å². The maximum atomic E-state index is 13.5. The van der Waals surface area contributed by atoms with E-state index < -0.39 is 23.8 Å². The summed E-state index contributed by atoms with van der Waals surface area (Å²) < 4.78 is 24.0. The molecule has 1 amide bonds. The average molecular weight is 361 g/mol. The van der Waals surface area contributed by atoms with E-state index in [-0.39, 0.29) is 24.3 Å². The Morgan fingerprint density at radius 3 is 2.58 bits per heavy atom. The molecule has 7 heteroatoms. The SMILES string of the molecule is CC(=O)c1cc(CCC(=O)O[C@@H](C)C(=O)Nc2ccccc2F)oc1C. The maximum Gasteiger partial charge on any atom is 0.307 e. The third kappa shape index (κ3) is 5.02. The third-order valence-electron chi connectivity index (χ3n) is 3.73. The van der Waals surface area contributed by atoms with Crippen LogP contribution in [0.5, 0.6) is 0 Å². The standard InChI is InChI=1S/C19H20FNO5/c1-11(22)15-10-14(25-12(15)2)8-9-18(23)26-13(3)19(24)21-17-7-5-4-6-16(17)20/h4-7,10,13H,8-9H2,1-3H3,(H,21,24)/t13-/m0/s1. The largest absolute Gasteiger partial charge is 0.466 e. The van der Waals surface area contributed by atoms with Crippen LogP contribution in [-0.4, -0.2) is 23.8 Å². The third-order valence-corrected chi connectivity index (χ3v) is 3.73. The number of aryl methyl sites for hydroxylation is 2. The molecule has 1 aromatic heterocycles. The van der Waals surface area contributed by atoms with Gasteiger partial charge < -0.3 is 14.5 Å². The normalized spacial score (nSPS) is 11.7. The summed E-state index contributed by atoms with van der Waals surface area (Å²) in [5.41, 5.74) is 0.495. The van der Waals surface area contributed by atoms with Crippen molar-refractivity contribution in [2.75, 3.05) is 5.32 Å². The highest BCUT2D eigenvalue weighted by atomic mass is 19.1. The summed E-state index contributed by atoms with van der Waals surface area (Å²) in [4.78, 5) is 35.3. The van der Waals surface area contributed by atoms with Crippen molar-refractivity contribution in [2.24, 2.45) is 0 Å². The number of ether oxygens (including phenoxy) is 1. The zero-order valence-electron chi connectivity index (χ0n) is 14.8. The van der Waals surface area contributed by atoms with Crippen molar-refractivity contribution in [3.05, 3.63) is 53.2 Å². The summed E-state index contributed by atoms with van der Waals surface area (Å²) in [5, 5.41) is 2.37. The number of carbonyl (C=O) groups is 3. The molecule has 0 radical (unpaired) electrons. The van der Waals surface area contributed by atoms with Crippen molar-refractivity contribution in [3.63, 3.8) is 0 Å². The molecule has 0 bridgehead atoms. The number of halogens is 1. The number of nitrogens with one attached hydrogen (secondary N) is 1. The van der Waals surface area contributed by atoms with Gasteiger partial charge in [-0.05, 0) is 39.0 Å². The van der Waals surface area contributed by atoms with Gasteiger partial charge in [-0.3, -0.25) is 14.4 Å². The van der Waals surface area contributed by atoms with Gasteiger partial charge in [-0.1, -0.05) is 12.1 Å². The van der Waals surface area contributed by atoms with Crippen molar-refractivity contribution in [1.82, 2.24) is 0 Å². The lowest BCUT2D eigenvalue weighted by molar-refractivity contribution is -0.153. The van der Waals surface area contributed by atoms with Gasteiger partial charge >= 0.3 is 5.97 Å². The average Bonchev–Trinajstić information content (AvgIpc) is 2.96. The molecule has 1 heterocycles. The lowest BCUT2D eigenvalue weighted by Crippen LogP contribution is -2.30. The van der Waals surface area contributed by atoms with Gasteiger partial charge in [0.2, 0.25) is 0 Å². The predicted octanol–water partition coefficient (Wildman–Crippen LogP) is 3.43.